The molecule has 0 unspecified atom stereocenters. The number of carbonyl (C=O) groups is 1. The number of aliphatic hydroxyl groups excluding tert-OH is 1. The number of nitrogens with one attached hydrogen (secondary N) is 1. The Labute approximate surface area is 229 Å². The summed E-state index contributed by atoms with van der Waals surface area (Å²) >= 11 is 0. The molecule has 0 saturated carbocycles. The number of aliphatic hydroxyl groups is 1. The van der Waals surface area contributed by atoms with Gasteiger partial charge in [0.25, 0.3) is 0 Å². The van der Waals surface area contributed by atoms with Crippen LogP contribution in [-0.2, 0) is 27.8 Å². The van der Waals surface area contributed by atoms with Crippen LogP contribution in [0, 0.1) is 5.92 Å². The normalized spacial score (nSPS) is 14.3. The van der Waals surface area contributed by atoms with Gasteiger partial charge in [-0.1, -0.05) is 74.5 Å². The molecule has 0 aromatic heterocycles. The van der Waals surface area contributed by atoms with E-state index in [4.69, 9.17) is 14.2 Å². The number of carbonyl (C=O) groups excluding carboxylic acids is 1. The molecule has 3 aromatic carbocycles. The third-order valence-corrected chi connectivity index (χ3v) is 8.05. The van der Waals surface area contributed by atoms with Crippen LogP contribution in [0.1, 0.15) is 25.0 Å². The molecular formula is C29H34N2O7S. The molecule has 1 amide bonds. The quantitative estimate of drug-likeness (QED) is 0.348. The largest absolute Gasteiger partial charge is 0.454 e. The van der Waals surface area contributed by atoms with Crippen molar-refractivity contribution in [1.29, 1.82) is 0 Å². The zero-order valence-corrected chi connectivity index (χ0v) is 22.8. The fourth-order valence-corrected chi connectivity index (χ4v) is 5.91. The second kappa shape index (κ2) is 13.0. The summed E-state index contributed by atoms with van der Waals surface area (Å²) in [5, 5.41) is 14.1. The van der Waals surface area contributed by atoms with Gasteiger partial charge in [0, 0.05) is 19.2 Å². The third-order valence-electron chi connectivity index (χ3n) is 6.22. The van der Waals surface area contributed by atoms with Gasteiger partial charge in [0.2, 0.25) is 16.8 Å². The van der Waals surface area contributed by atoms with Crippen LogP contribution >= 0.6 is 0 Å². The van der Waals surface area contributed by atoms with Crippen LogP contribution in [0.5, 0.6) is 11.5 Å². The van der Waals surface area contributed by atoms with Gasteiger partial charge in [-0.3, -0.25) is 0 Å². The molecule has 39 heavy (non-hydrogen) atoms. The predicted molar refractivity (Wildman–Crippen MR) is 146 cm³/mol. The smallest absolute Gasteiger partial charge is 0.407 e. The van der Waals surface area contributed by atoms with Crippen molar-refractivity contribution in [1.82, 2.24) is 9.62 Å². The summed E-state index contributed by atoms with van der Waals surface area (Å²) in [5.41, 5.74) is 1.70. The summed E-state index contributed by atoms with van der Waals surface area (Å²) in [6.07, 6.45) is -1.65. The van der Waals surface area contributed by atoms with Crippen LogP contribution in [0.4, 0.5) is 4.79 Å². The maximum Gasteiger partial charge on any atom is 0.407 e. The average molecular weight is 555 g/mol. The Morgan fingerprint density at radius 2 is 1.59 bits per heavy atom. The summed E-state index contributed by atoms with van der Waals surface area (Å²) in [4.78, 5) is 12.7. The Morgan fingerprint density at radius 3 is 2.26 bits per heavy atom. The minimum Gasteiger partial charge on any atom is -0.454 e. The number of alkyl carbamates (subject to hydrolysis) is 1. The van der Waals surface area contributed by atoms with E-state index in [0.717, 1.165) is 11.1 Å². The van der Waals surface area contributed by atoms with E-state index in [1.165, 1.54) is 16.4 Å². The predicted octanol–water partition coefficient (Wildman–Crippen LogP) is 3.96. The number of benzene rings is 3. The van der Waals surface area contributed by atoms with Crippen LogP contribution in [0.2, 0.25) is 0 Å². The topological polar surface area (TPSA) is 114 Å². The van der Waals surface area contributed by atoms with Gasteiger partial charge in [-0.2, -0.15) is 4.31 Å². The first kappa shape index (κ1) is 28.4. The second-order valence-electron chi connectivity index (χ2n) is 9.80. The zero-order valence-electron chi connectivity index (χ0n) is 22.0. The van der Waals surface area contributed by atoms with Gasteiger partial charge in [-0.05, 0) is 35.6 Å². The SMILES string of the molecule is CC(C)CN(C[C@@H](O)[C@H](Cc1ccccc1)NC(=O)OCc1ccccc1)S(=O)(=O)c1ccc2c(c1)OCO2. The maximum atomic E-state index is 13.7. The lowest BCUT2D eigenvalue weighted by atomic mass is 10.0. The number of nitrogens with zero attached hydrogens (tertiary/aromatic N) is 1. The highest BCUT2D eigenvalue weighted by Gasteiger charge is 2.32. The second-order valence-corrected chi connectivity index (χ2v) is 11.7. The number of ether oxygens (including phenoxy) is 3. The van der Waals surface area contributed by atoms with Gasteiger partial charge >= 0.3 is 6.09 Å². The highest BCUT2D eigenvalue weighted by molar-refractivity contribution is 7.89. The molecule has 0 fully saturated rings. The lowest BCUT2D eigenvalue weighted by molar-refractivity contribution is 0.0873. The standard InChI is InChI=1S/C29H34N2O7S/c1-21(2)17-31(39(34,35)24-13-14-27-28(16-24)38-20-37-27)18-26(32)25(15-22-9-5-3-6-10-22)30-29(33)36-19-23-11-7-4-8-12-23/h3-14,16,21,25-26,32H,15,17-20H2,1-2H3,(H,30,33)/t25-,26+/m0/s1. The molecule has 10 heteroatoms. The van der Waals surface area contributed by atoms with Crippen molar-refractivity contribution in [2.75, 3.05) is 19.9 Å². The van der Waals surface area contributed by atoms with Crippen LogP contribution in [0.3, 0.4) is 0 Å². The van der Waals surface area contributed by atoms with Gasteiger partial charge in [-0.25, -0.2) is 13.2 Å². The van der Waals surface area contributed by atoms with Crippen molar-refractivity contribution >= 4 is 16.1 Å². The van der Waals surface area contributed by atoms with Crippen molar-refractivity contribution in [3.8, 4) is 11.5 Å². The molecule has 0 saturated heterocycles. The van der Waals surface area contributed by atoms with E-state index in [2.05, 4.69) is 5.32 Å². The number of amides is 1. The van der Waals surface area contributed by atoms with Crippen LogP contribution < -0.4 is 14.8 Å². The molecule has 4 rings (SSSR count). The molecule has 208 valence electrons. The van der Waals surface area contributed by atoms with Crippen molar-refractivity contribution in [3.05, 3.63) is 90.0 Å². The minimum absolute atomic E-state index is 0.0163. The fraction of sp³-hybridized carbons (Fsp3) is 0.345. The molecule has 0 radical (unpaired) electrons. The Morgan fingerprint density at radius 1 is 0.949 bits per heavy atom. The number of rotatable bonds is 12. The van der Waals surface area contributed by atoms with E-state index >= 15 is 0 Å². The fourth-order valence-electron chi connectivity index (χ4n) is 4.27. The number of hydrogen-bond donors (Lipinski definition) is 2. The number of sulfonamides is 1. The van der Waals surface area contributed by atoms with Gasteiger partial charge in [0.15, 0.2) is 11.5 Å². The maximum absolute atomic E-state index is 13.7. The van der Waals surface area contributed by atoms with Crippen LogP contribution in [0.25, 0.3) is 0 Å². The van der Waals surface area contributed by atoms with Crippen molar-refractivity contribution in [2.24, 2.45) is 5.92 Å². The van der Waals surface area contributed by atoms with E-state index in [1.54, 1.807) is 6.07 Å². The van der Waals surface area contributed by atoms with E-state index in [-0.39, 0.29) is 43.7 Å². The van der Waals surface area contributed by atoms with Gasteiger partial charge in [0.05, 0.1) is 17.0 Å². The highest BCUT2D eigenvalue weighted by Crippen LogP contribution is 2.34. The molecular weight excluding hydrogens is 520 g/mol. The summed E-state index contributed by atoms with van der Waals surface area (Å²) in [6.45, 7) is 3.83. The Kier molecular flexibility index (Phi) is 9.45. The monoisotopic (exact) mass is 554 g/mol. The molecule has 0 spiro atoms. The lowest BCUT2D eigenvalue weighted by Crippen LogP contribution is -2.51. The molecule has 9 nitrogen and oxygen atoms in total. The summed E-state index contributed by atoms with van der Waals surface area (Å²) in [6, 6.07) is 22.3. The van der Waals surface area contributed by atoms with Crippen molar-refractivity contribution in [2.45, 2.75) is 43.9 Å². The summed E-state index contributed by atoms with van der Waals surface area (Å²) in [5.74, 6) is 0.814. The molecule has 0 aliphatic carbocycles. The Balaban J connectivity index is 1.52. The van der Waals surface area contributed by atoms with E-state index < -0.39 is 28.3 Å². The van der Waals surface area contributed by atoms with Gasteiger partial charge in [-0.15, -0.1) is 0 Å². The molecule has 1 aliphatic rings. The molecule has 0 bridgehead atoms. The van der Waals surface area contributed by atoms with E-state index in [0.29, 0.717) is 11.5 Å². The first-order chi connectivity index (χ1) is 18.7. The molecule has 2 atom stereocenters. The van der Waals surface area contributed by atoms with Crippen molar-refractivity contribution in [3.63, 3.8) is 0 Å². The lowest BCUT2D eigenvalue weighted by Gasteiger charge is -2.30. The van der Waals surface area contributed by atoms with E-state index in [1.807, 2.05) is 74.5 Å². The summed E-state index contributed by atoms with van der Waals surface area (Å²) < 4.78 is 44.6. The average Bonchev–Trinajstić information content (AvgIpc) is 3.40. The zero-order chi connectivity index (χ0) is 27.8. The Bertz CT molecular complexity index is 1330. The Hall–Kier alpha value is -3.60. The summed E-state index contributed by atoms with van der Waals surface area (Å²) in [7, 11) is -4.00. The number of hydrogen-bond acceptors (Lipinski definition) is 7. The molecule has 1 heterocycles. The van der Waals surface area contributed by atoms with Crippen LogP contribution in [-0.4, -0.2) is 56.0 Å². The number of fused-ring (bicyclic) bond motifs is 1. The van der Waals surface area contributed by atoms with Crippen molar-refractivity contribution < 1.29 is 32.5 Å². The third kappa shape index (κ3) is 7.72. The minimum atomic E-state index is -4.00. The first-order valence-corrected chi connectivity index (χ1v) is 14.3. The highest BCUT2D eigenvalue weighted by atomic mass is 32.2. The van der Waals surface area contributed by atoms with Gasteiger partial charge < -0.3 is 24.6 Å². The van der Waals surface area contributed by atoms with E-state index in [9.17, 15) is 18.3 Å². The van der Waals surface area contributed by atoms with Gasteiger partial charge in [0.1, 0.15) is 6.61 Å². The molecule has 1 aliphatic heterocycles. The van der Waals surface area contributed by atoms with Crippen LogP contribution in [0.15, 0.2) is 83.8 Å². The first-order valence-electron chi connectivity index (χ1n) is 12.8. The molecule has 3 aromatic rings. The molecule has 2 N–H and O–H groups in total.